The Hall–Kier alpha value is -3.32. The highest BCUT2D eigenvalue weighted by Crippen LogP contribution is 2.66. The zero-order valence-electron chi connectivity index (χ0n) is 20.5. The summed E-state index contributed by atoms with van der Waals surface area (Å²) in [6.07, 6.45) is 1.76. The van der Waals surface area contributed by atoms with E-state index in [0.29, 0.717) is 41.6 Å². The van der Waals surface area contributed by atoms with Crippen LogP contribution < -0.4 is 0 Å². The van der Waals surface area contributed by atoms with Crippen LogP contribution in [-0.2, 0) is 28.7 Å². The molecule has 2 saturated heterocycles. The topological polar surface area (TPSA) is 107 Å². The standard InChI is InChI=1S/C30H28O7/c1-11-17-10-20(32)30(23(17)27-18(9-19(11)31)13(3)29(35)37-27)8-7-15-5-6-16-12(2)28(34)36-26(16)21-14(4)25(33)24(30)22(15)21/h5,16-19,21,23,26-27,31H,1-4,6-10H2. The van der Waals surface area contributed by atoms with Gasteiger partial charge in [0.25, 0.3) is 0 Å². The van der Waals surface area contributed by atoms with Crippen molar-refractivity contribution in [1.29, 1.82) is 0 Å². The van der Waals surface area contributed by atoms with Gasteiger partial charge in [0.15, 0.2) is 5.78 Å². The molecule has 0 aromatic heterocycles. The van der Waals surface area contributed by atoms with Crippen LogP contribution >= 0.6 is 0 Å². The molecule has 2 heterocycles. The number of allylic oxidation sites excluding steroid dienone is 3. The van der Waals surface area contributed by atoms with Gasteiger partial charge in [0.2, 0.25) is 0 Å². The van der Waals surface area contributed by atoms with E-state index in [-0.39, 0.29) is 35.9 Å². The van der Waals surface area contributed by atoms with Crippen molar-refractivity contribution in [1.82, 2.24) is 0 Å². The second-order valence-corrected chi connectivity index (χ2v) is 11.6. The molecule has 7 aliphatic rings. The summed E-state index contributed by atoms with van der Waals surface area (Å²) >= 11 is 0. The van der Waals surface area contributed by atoms with Gasteiger partial charge in [-0.2, -0.15) is 0 Å². The number of carbonyl (C=O) groups is 4. The molecule has 7 nitrogen and oxygen atoms in total. The third-order valence-corrected chi connectivity index (χ3v) is 10.3. The lowest BCUT2D eigenvalue weighted by atomic mass is 9.59. The van der Waals surface area contributed by atoms with Gasteiger partial charge in [-0.1, -0.05) is 32.4 Å². The maximum atomic E-state index is 14.1. The summed E-state index contributed by atoms with van der Waals surface area (Å²) in [6, 6.07) is 0. The van der Waals surface area contributed by atoms with E-state index in [0.717, 1.165) is 11.1 Å². The van der Waals surface area contributed by atoms with Crippen LogP contribution in [0.3, 0.4) is 0 Å². The summed E-state index contributed by atoms with van der Waals surface area (Å²) in [5.74, 6) is -3.60. The molecule has 4 fully saturated rings. The molecule has 5 aliphatic carbocycles. The number of fused-ring (bicyclic) bond motifs is 7. The zero-order chi connectivity index (χ0) is 26.1. The first-order valence-electron chi connectivity index (χ1n) is 12.9. The van der Waals surface area contributed by atoms with Crippen LogP contribution in [0.2, 0.25) is 0 Å². The lowest BCUT2D eigenvalue weighted by Gasteiger charge is -2.43. The third kappa shape index (κ3) is 2.56. The molecule has 0 radical (unpaired) electrons. The fourth-order valence-electron chi connectivity index (χ4n) is 8.59. The van der Waals surface area contributed by atoms with E-state index in [1.807, 2.05) is 0 Å². The second-order valence-electron chi connectivity index (χ2n) is 11.6. The van der Waals surface area contributed by atoms with Crippen LogP contribution in [0.5, 0.6) is 0 Å². The van der Waals surface area contributed by atoms with Crippen LogP contribution in [0.25, 0.3) is 0 Å². The minimum absolute atomic E-state index is 0.0953. The predicted molar refractivity (Wildman–Crippen MR) is 130 cm³/mol. The van der Waals surface area contributed by atoms with Crippen LogP contribution in [0, 0.1) is 35.0 Å². The first-order chi connectivity index (χ1) is 17.6. The van der Waals surface area contributed by atoms with E-state index in [9.17, 15) is 24.3 Å². The first kappa shape index (κ1) is 22.8. The SMILES string of the molecule is C=C1C(=O)OC2C1CC=C1CCC3(C(=O)CC4C(=C)C(O)CC5C(=C)C(=O)OC5C43)C3=C1C2C(=C)C3=O. The normalized spacial score (nSPS) is 44.3. The van der Waals surface area contributed by atoms with Crippen molar-refractivity contribution < 1.29 is 33.8 Å². The van der Waals surface area contributed by atoms with Gasteiger partial charge < -0.3 is 14.6 Å². The first-order valence-corrected chi connectivity index (χ1v) is 12.9. The number of Topliss-reactive ketones (excluding diaryl/α,β-unsaturated/α-hetero) is 2. The van der Waals surface area contributed by atoms with Gasteiger partial charge in [-0.05, 0) is 48.3 Å². The summed E-state index contributed by atoms with van der Waals surface area (Å²) in [5, 5.41) is 11.0. The van der Waals surface area contributed by atoms with Gasteiger partial charge in [0.1, 0.15) is 18.0 Å². The quantitative estimate of drug-likeness (QED) is 0.310. The molecule has 37 heavy (non-hydrogen) atoms. The molecule has 0 amide bonds. The Balaban J connectivity index is 1.46. The number of ketones is 2. The van der Waals surface area contributed by atoms with E-state index in [4.69, 9.17) is 9.47 Å². The number of aliphatic hydroxyl groups excluding tert-OH is 1. The van der Waals surface area contributed by atoms with Crippen LogP contribution in [-0.4, -0.2) is 46.9 Å². The smallest absolute Gasteiger partial charge is 0.334 e. The average molecular weight is 501 g/mol. The molecule has 0 aromatic rings. The summed E-state index contributed by atoms with van der Waals surface area (Å²) < 4.78 is 11.6. The molecule has 7 rings (SSSR count). The van der Waals surface area contributed by atoms with Crippen LogP contribution in [0.4, 0.5) is 0 Å². The van der Waals surface area contributed by atoms with Gasteiger partial charge in [-0.3, -0.25) is 9.59 Å². The molecule has 2 aliphatic heterocycles. The molecular weight excluding hydrogens is 472 g/mol. The van der Waals surface area contributed by atoms with Gasteiger partial charge in [-0.15, -0.1) is 0 Å². The molecule has 1 spiro atoms. The monoisotopic (exact) mass is 500 g/mol. The highest BCUT2D eigenvalue weighted by molar-refractivity contribution is 6.18. The summed E-state index contributed by atoms with van der Waals surface area (Å²) in [7, 11) is 0. The minimum atomic E-state index is -1.20. The van der Waals surface area contributed by atoms with Crippen molar-refractivity contribution in [3.63, 3.8) is 0 Å². The lowest BCUT2D eigenvalue weighted by Crippen LogP contribution is -2.46. The van der Waals surface area contributed by atoms with Crippen molar-refractivity contribution in [3.05, 3.63) is 71.4 Å². The number of hydrogen-bond acceptors (Lipinski definition) is 7. The van der Waals surface area contributed by atoms with Crippen molar-refractivity contribution in [2.24, 2.45) is 35.0 Å². The summed E-state index contributed by atoms with van der Waals surface area (Å²) in [6.45, 7) is 16.2. The second kappa shape index (κ2) is 7.16. The largest absolute Gasteiger partial charge is 0.458 e. The number of esters is 2. The molecule has 1 N–H and O–H groups in total. The molecular formula is C30H28O7. The van der Waals surface area contributed by atoms with Gasteiger partial charge in [0, 0.05) is 46.5 Å². The maximum absolute atomic E-state index is 14.1. The molecule has 0 bridgehead atoms. The van der Waals surface area contributed by atoms with E-state index < -0.39 is 59.3 Å². The van der Waals surface area contributed by atoms with Crippen molar-refractivity contribution >= 4 is 23.5 Å². The van der Waals surface area contributed by atoms with Gasteiger partial charge in [0.05, 0.1) is 17.4 Å². The number of carbonyl (C=O) groups excluding carboxylic acids is 4. The Kier molecular flexibility index (Phi) is 4.42. The third-order valence-electron chi connectivity index (χ3n) is 10.3. The van der Waals surface area contributed by atoms with Crippen LogP contribution in [0.1, 0.15) is 32.1 Å². The maximum Gasteiger partial charge on any atom is 0.334 e. The predicted octanol–water partition coefficient (Wildman–Crippen LogP) is 2.87. The summed E-state index contributed by atoms with van der Waals surface area (Å²) in [4.78, 5) is 53.3. The Bertz CT molecular complexity index is 1370. The minimum Gasteiger partial charge on any atom is -0.458 e. The van der Waals surface area contributed by atoms with Crippen molar-refractivity contribution in [2.45, 2.75) is 50.4 Å². The Morgan fingerprint density at radius 3 is 2.30 bits per heavy atom. The Morgan fingerprint density at radius 2 is 1.57 bits per heavy atom. The van der Waals surface area contributed by atoms with E-state index in [2.05, 4.69) is 32.4 Å². The Labute approximate surface area is 214 Å². The molecule has 2 saturated carbocycles. The highest BCUT2D eigenvalue weighted by Gasteiger charge is 2.69. The van der Waals surface area contributed by atoms with Gasteiger partial charge >= 0.3 is 11.9 Å². The Morgan fingerprint density at radius 1 is 0.892 bits per heavy atom. The number of ether oxygens (including phenoxy) is 2. The number of aliphatic hydroxyl groups is 1. The van der Waals surface area contributed by atoms with E-state index in [1.54, 1.807) is 0 Å². The fourth-order valence-corrected chi connectivity index (χ4v) is 8.59. The fraction of sp³-hybridized carbons (Fsp3) is 0.467. The van der Waals surface area contributed by atoms with E-state index >= 15 is 0 Å². The molecule has 9 atom stereocenters. The average Bonchev–Trinajstić information content (AvgIpc) is 3.43. The lowest BCUT2D eigenvalue weighted by molar-refractivity contribution is -0.145. The summed E-state index contributed by atoms with van der Waals surface area (Å²) in [5.41, 5.74) is 2.51. The molecule has 190 valence electrons. The number of rotatable bonds is 0. The van der Waals surface area contributed by atoms with Gasteiger partial charge in [-0.25, -0.2) is 9.59 Å². The highest BCUT2D eigenvalue weighted by atomic mass is 16.6. The van der Waals surface area contributed by atoms with Crippen LogP contribution in [0.15, 0.2) is 71.4 Å². The molecule has 7 heteroatoms. The number of hydrogen-bond donors (Lipinski definition) is 1. The zero-order valence-corrected chi connectivity index (χ0v) is 20.5. The molecule has 0 aromatic carbocycles. The molecule has 9 unspecified atom stereocenters. The van der Waals surface area contributed by atoms with E-state index in [1.165, 1.54) is 0 Å². The van der Waals surface area contributed by atoms with Crippen molar-refractivity contribution in [3.8, 4) is 0 Å². The van der Waals surface area contributed by atoms with Crippen molar-refractivity contribution in [2.75, 3.05) is 0 Å².